The standard InChI is InChI=1S/C10H12ClNO/c11-6-9-2-1-5-12(10(9)13)7-8-3-4-8/h1-2,5,8H,3-4,6-7H2. The molecule has 70 valence electrons. The molecule has 0 atom stereocenters. The summed E-state index contributed by atoms with van der Waals surface area (Å²) in [6.07, 6.45) is 4.37. The van der Waals surface area contributed by atoms with Crippen LogP contribution in [0.15, 0.2) is 23.1 Å². The lowest BCUT2D eigenvalue weighted by atomic mass is 10.3. The number of rotatable bonds is 3. The molecule has 0 saturated heterocycles. The summed E-state index contributed by atoms with van der Waals surface area (Å²) >= 11 is 5.64. The van der Waals surface area contributed by atoms with E-state index in [1.165, 1.54) is 12.8 Å². The number of hydrogen-bond acceptors (Lipinski definition) is 1. The van der Waals surface area contributed by atoms with Gasteiger partial charge >= 0.3 is 0 Å². The highest BCUT2D eigenvalue weighted by atomic mass is 35.5. The molecule has 1 saturated carbocycles. The van der Waals surface area contributed by atoms with E-state index in [0.717, 1.165) is 12.5 Å². The molecule has 1 heterocycles. The molecule has 1 aliphatic carbocycles. The predicted octanol–water partition coefficient (Wildman–Crippen LogP) is 2.00. The maximum Gasteiger partial charge on any atom is 0.254 e. The zero-order chi connectivity index (χ0) is 9.26. The zero-order valence-electron chi connectivity index (χ0n) is 7.37. The molecule has 2 nitrogen and oxygen atoms in total. The number of alkyl halides is 1. The van der Waals surface area contributed by atoms with Crippen molar-refractivity contribution in [1.82, 2.24) is 4.57 Å². The molecule has 1 fully saturated rings. The maximum absolute atomic E-state index is 11.6. The summed E-state index contributed by atoms with van der Waals surface area (Å²) in [5.41, 5.74) is 0.772. The van der Waals surface area contributed by atoms with Crippen LogP contribution in [0.25, 0.3) is 0 Å². The topological polar surface area (TPSA) is 22.0 Å². The molecule has 0 spiro atoms. The number of nitrogens with zero attached hydrogens (tertiary/aromatic N) is 1. The molecule has 13 heavy (non-hydrogen) atoms. The largest absolute Gasteiger partial charge is 0.315 e. The lowest BCUT2D eigenvalue weighted by Crippen LogP contribution is -2.22. The van der Waals surface area contributed by atoms with E-state index in [4.69, 9.17) is 11.6 Å². The van der Waals surface area contributed by atoms with Crippen LogP contribution in [-0.2, 0) is 12.4 Å². The Bertz CT molecular complexity index is 354. The first-order valence-electron chi connectivity index (χ1n) is 4.55. The number of pyridine rings is 1. The molecule has 0 amide bonds. The molecular formula is C10H12ClNO. The summed E-state index contributed by atoms with van der Waals surface area (Å²) in [6.45, 7) is 0.865. The number of aromatic nitrogens is 1. The van der Waals surface area contributed by atoms with Crippen LogP contribution in [-0.4, -0.2) is 4.57 Å². The average molecular weight is 198 g/mol. The Morgan fingerprint density at radius 3 is 2.92 bits per heavy atom. The third-order valence-electron chi connectivity index (χ3n) is 2.39. The van der Waals surface area contributed by atoms with E-state index >= 15 is 0 Å². The van der Waals surface area contributed by atoms with Crippen molar-refractivity contribution in [3.8, 4) is 0 Å². The third kappa shape index (κ3) is 1.94. The lowest BCUT2D eigenvalue weighted by molar-refractivity contribution is 0.603. The highest BCUT2D eigenvalue weighted by molar-refractivity contribution is 6.17. The summed E-state index contributed by atoms with van der Waals surface area (Å²) in [6, 6.07) is 3.68. The second-order valence-electron chi connectivity index (χ2n) is 3.57. The Labute approximate surface area is 82.1 Å². The fourth-order valence-corrected chi connectivity index (χ4v) is 1.61. The van der Waals surface area contributed by atoms with Gasteiger partial charge in [0.05, 0.1) is 5.88 Å². The quantitative estimate of drug-likeness (QED) is 0.680. The normalized spacial score (nSPS) is 16.1. The minimum atomic E-state index is 0.0735. The van der Waals surface area contributed by atoms with Gasteiger partial charge in [0.2, 0.25) is 0 Å². The Hall–Kier alpha value is -0.760. The Morgan fingerprint density at radius 1 is 1.54 bits per heavy atom. The first-order chi connectivity index (χ1) is 6.31. The summed E-state index contributed by atoms with van der Waals surface area (Å²) in [7, 11) is 0. The molecular weight excluding hydrogens is 186 g/mol. The van der Waals surface area contributed by atoms with E-state index in [-0.39, 0.29) is 5.56 Å². The van der Waals surface area contributed by atoms with Crippen LogP contribution in [0.2, 0.25) is 0 Å². The van der Waals surface area contributed by atoms with Crippen LogP contribution in [0, 0.1) is 5.92 Å². The second kappa shape index (κ2) is 3.54. The van der Waals surface area contributed by atoms with Crippen molar-refractivity contribution in [3.63, 3.8) is 0 Å². The second-order valence-corrected chi connectivity index (χ2v) is 3.84. The van der Waals surface area contributed by atoms with Gasteiger partial charge in [0.1, 0.15) is 0 Å². The van der Waals surface area contributed by atoms with E-state index in [1.807, 2.05) is 12.3 Å². The van der Waals surface area contributed by atoms with Crippen LogP contribution >= 0.6 is 11.6 Å². The molecule has 1 aromatic rings. The Balaban J connectivity index is 2.28. The molecule has 0 radical (unpaired) electrons. The van der Waals surface area contributed by atoms with Gasteiger partial charge in [0, 0.05) is 18.3 Å². The van der Waals surface area contributed by atoms with Crippen molar-refractivity contribution < 1.29 is 0 Å². The van der Waals surface area contributed by atoms with Gasteiger partial charge in [0.25, 0.3) is 5.56 Å². The lowest BCUT2D eigenvalue weighted by Gasteiger charge is -2.04. The summed E-state index contributed by atoms with van der Waals surface area (Å²) < 4.78 is 1.77. The highest BCUT2D eigenvalue weighted by Crippen LogP contribution is 2.29. The van der Waals surface area contributed by atoms with E-state index in [9.17, 15) is 4.79 Å². The van der Waals surface area contributed by atoms with E-state index < -0.39 is 0 Å². The number of halogens is 1. The van der Waals surface area contributed by atoms with Gasteiger partial charge < -0.3 is 4.57 Å². The van der Waals surface area contributed by atoms with Gasteiger partial charge in [-0.05, 0) is 24.8 Å². The molecule has 0 bridgehead atoms. The van der Waals surface area contributed by atoms with Crippen molar-refractivity contribution in [2.24, 2.45) is 5.92 Å². The van der Waals surface area contributed by atoms with Crippen molar-refractivity contribution in [2.75, 3.05) is 0 Å². The maximum atomic E-state index is 11.6. The van der Waals surface area contributed by atoms with Crippen LogP contribution in [0.1, 0.15) is 18.4 Å². The smallest absolute Gasteiger partial charge is 0.254 e. The van der Waals surface area contributed by atoms with Crippen molar-refractivity contribution in [2.45, 2.75) is 25.3 Å². The zero-order valence-corrected chi connectivity index (χ0v) is 8.13. The van der Waals surface area contributed by atoms with E-state index in [1.54, 1.807) is 10.6 Å². The predicted molar refractivity (Wildman–Crippen MR) is 53.0 cm³/mol. The van der Waals surface area contributed by atoms with Gasteiger partial charge in [-0.2, -0.15) is 0 Å². The fourth-order valence-electron chi connectivity index (χ4n) is 1.41. The van der Waals surface area contributed by atoms with E-state index in [0.29, 0.717) is 11.4 Å². The fraction of sp³-hybridized carbons (Fsp3) is 0.500. The monoisotopic (exact) mass is 197 g/mol. The molecule has 1 aromatic heterocycles. The molecule has 0 N–H and O–H groups in total. The molecule has 0 unspecified atom stereocenters. The third-order valence-corrected chi connectivity index (χ3v) is 2.68. The first-order valence-corrected chi connectivity index (χ1v) is 5.09. The van der Waals surface area contributed by atoms with Gasteiger partial charge in [0.15, 0.2) is 0 Å². The molecule has 3 heteroatoms. The Morgan fingerprint density at radius 2 is 2.31 bits per heavy atom. The van der Waals surface area contributed by atoms with Crippen LogP contribution < -0.4 is 5.56 Å². The van der Waals surface area contributed by atoms with Crippen molar-refractivity contribution >= 4 is 11.6 Å². The SMILES string of the molecule is O=c1c(CCl)cccn1CC1CC1. The van der Waals surface area contributed by atoms with Gasteiger partial charge in [-0.15, -0.1) is 11.6 Å². The minimum absolute atomic E-state index is 0.0735. The van der Waals surface area contributed by atoms with Crippen LogP contribution in [0.5, 0.6) is 0 Å². The summed E-state index contributed by atoms with van der Waals surface area (Å²) in [5.74, 6) is 1.04. The molecule has 2 rings (SSSR count). The van der Waals surface area contributed by atoms with E-state index in [2.05, 4.69) is 0 Å². The van der Waals surface area contributed by atoms with Crippen molar-refractivity contribution in [3.05, 3.63) is 34.2 Å². The van der Waals surface area contributed by atoms with Crippen molar-refractivity contribution in [1.29, 1.82) is 0 Å². The highest BCUT2D eigenvalue weighted by Gasteiger charge is 2.22. The average Bonchev–Trinajstić information content (AvgIpc) is 2.92. The molecule has 1 aliphatic rings. The number of hydrogen-bond donors (Lipinski definition) is 0. The van der Waals surface area contributed by atoms with Gasteiger partial charge in [-0.3, -0.25) is 4.79 Å². The molecule has 0 aliphatic heterocycles. The van der Waals surface area contributed by atoms with Crippen LogP contribution in [0.3, 0.4) is 0 Å². The van der Waals surface area contributed by atoms with Gasteiger partial charge in [-0.25, -0.2) is 0 Å². The molecule has 0 aromatic carbocycles. The Kier molecular flexibility index (Phi) is 2.40. The minimum Gasteiger partial charge on any atom is -0.315 e. The summed E-state index contributed by atoms with van der Waals surface area (Å²) in [5, 5.41) is 0. The summed E-state index contributed by atoms with van der Waals surface area (Å²) in [4.78, 5) is 11.6. The van der Waals surface area contributed by atoms with Gasteiger partial charge in [-0.1, -0.05) is 6.07 Å². The first kappa shape index (κ1) is 8.82. The van der Waals surface area contributed by atoms with Crippen LogP contribution in [0.4, 0.5) is 0 Å².